The first-order chi connectivity index (χ1) is 13.0. The number of carbonyl (C=O) groups is 2. The Kier molecular flexibility index (Phi) is 5.91. The van der Waals surface area contributed by atoms with E-state index >= 15 is 0 Å². The Morgan fingerprint density at radius 3 is 2.26 bits per heavy atom. The van der Waals surface area contributed by atoms with Crippen molar-refractivity contribution in [1.29, 1.82) is 0 Å². The number of nitrogens with one attached hydrogen (secondary N) is 1. The Bertz CT molecular complexity index is 773. The van der Waals surface area contributed by atoms with Crippen LogP contribution in [0.4, 0.5) is 0 Å². The van der Waals surface area contributed by atoms with Crippen LogP contribution in [0.25, 0.3) is 0 Å². The van der Waals surface area contributed by atoms with E-state index in [0.717, 1.165) is 11.1 Å². The molecule has 3 rings (SSSR count). The fourth-order valence-corrected chi connectivity index (χ4v) is 3.06. The first-order valence-corrected chi connectivity index (χ1v) is 9.14. The van der Waals surface area contributed by atoms with E-state index in [2.05, 4.69) is 5.32 Å². The summed E-state index contributed by atoms with van der Waals surface area (Å²) in [5, 5.41) is 3.27. The number of carbonyl (C=O) groups excluding carboxylic acids is 2. The van der Waals surface area contributed by atoms with E-state index in [1.54, 1.807) is 0 Å². The van der Waals surface area contributed by atoms with Crippen molar-refractivity contribution in [2.24, 2.45) is 5.41 Å². The highest BCUT2D eigenvalue weighted by molar-refractivity contribution is 5.84. The van der Waals surface area contributed by atoms with Gasteiger partial charge in [0.15, 0.2) is 0 Å². The normalized spacial score (nSPS) is 19.3. The van der Waals surface area contributed by atoms with Crippen molar-refractivity contribution >= 4 is 11.9 Å². The van der Waals surface area contributed by atoms with Gasteiger partial charge in [0, 0.05) is 12.0 Å². The lowest BCUT2D eigenvalue weighted by molar-refractivity contribution is -0.164. The van der Waals surface area contributed by atoms with Gasteiger partial charge in [0.25, 0.3) is 0 Å². The number of esters is 2. The lowest BCUT2D eigenvalue weighted by Gasteiger charge is -2.25. The third-order valence-electron chi connectivity index (χ3n) is 4.71. The molecule has 5 heteroatoms. The van der Waals surface area contributed by atoms with Crippen LogP contribution in [0.3, 0.4) is 0 Å². The largest absolute Gasteiger partial charge is 0.462 e. The molecule has 1 heterocycles. The highest BCUT2D eigenvalue weighted by atomic mass is 16.6. The minimum Gasteiger partial charge on any atom is -0.462 e. The standard InChI is InChI=1S/C22H25NO4/c1-22(2)15-26-21(25)19(22)27-20(24)18(13-16-9-5-3-6-10-16)23-14-17-11-7-4-8-12-17/h3-12,18-19,23H,13-15H2,1-2H3/t18-,19-/m0/s1. The number of cyclic esters (lactones) is 1. The first-order valence-electron chi connectivity index (χ1n) is 9.14. The molecule has 0 radical (unpaired) electrons. The molecule has 0 bridgehead atoms. The smallest absolute Gasteiger partial charge is 0.348 e. The molecule has 1 N–H and O–H groups in total. The highest BCUT2D eigenvalue weighted by Gasteiger charge is 2.47. The zero-order chi connectivity index (χ0) is 19.3. The van der Waals surface area contributed by atoms with Gasteiger partial charge in [0.1, 0.15) is 12.6 Å². The van der Waals surface area contributed by atoms with Crippen molar-refractivity contribution in [2.45, 2.75) is 39.0 Å². The summed E-state index contributed by atoms with van der Waals surface area (Å²) in [5.41, 5.74) is 1.57. The first kappa shape index (κ1) is 19.1. The maximum atomic E-state index is 12.9. The molecule has 0 spiro atoms. The zero-order valence-corrected chi connectivity index (χ0v) is 15.7. The second kappa shape index (κ2) is 8.35. The lowest BCUT2D eigenvalue weighted by Crippen LogP contribution is -2.44. The summed E-state index contributed by atoms with van der Waals surface area (Å²) in [6.07, 6.45) is -0.392. The third kappa shape index (κ3) is 4.95. The molecule has 0 unspecified atom stereocenters. The van der Waals surface area contributed by atoms with E-state index in [4.69, 9.17) is 9.47 Å². The molecule has 1 aliphatic rings. The fraction of sp³-hybridized carbons (Fsp3) is 0.364. The topological polar surface area (TPSA) is 64.6 Å². The molecule has 2 aromatic carbocycles. The summed E-state index contributed by atoms with van der Waals surface area (Å²) in [5.74, 6) is -0.915. The molecular formula is C22H25NO4. The van der Waals surface area contributed by atoms with Crippen LogP contribution in [0, 0.1) is 5.41 Å². The van der Waals surface area contributed by atoms with E-state index in [-0.39, 0.29) is 6.61 Å². The maximum Gasteiger partial charge on any atom is 0.348 e. The average Bonchev–Trinajstić information content (AvgIpc) is 2.93. The van der Waals surface area contributed by atoms with E-state index in [0.29, 0.717) is 13.0 Å². The summed E-state index contributed by atoms with van der Waals surface area (Å²) in [4.78, 5) is 24.8. The quantitative estimate of drug-likeness (QED) is 0.763. The Morgan fingerprint density at radius 2 is 1.70 bits per heavy atom. The van der Waals surface area contributed by atoms with Gasteiger partial charge in [0.2, 0.25) is 6.10 Å². The van der Waals surface area contributed by atoms with E-state index in [1.165, 1.54) is 0 Å². The molecule has 0 aliphatic carbocycles. The van der Waals surface area contributed by atoms with Crippen LogP contribution < -0.4 is 5.32 Å². The van der Waals surface area contributed by atoms with Crippen LogP contribution in [-0.4, -0.2) is 30.7 Å². The lowest BCUT2D eigenvalue weighted by atomic mass is 9.89. The van der Waals surface area contributed by atoms with Gasteiger partial charge in [0.05, 0.1) is 0 Å². The van der Waals surface area contributed by atoms with Crippen molar-refractivity contribution in [3.05, 3.63) is 71.8 Å². The van der Waals surface area contributed by atoms with E-state index < -0.39 is 29.5 Å². The summed E-state index contributed by atoms with van der Waals surface area (Å²) in [6, 6.07) is 19.0. The van der Waals surface area contributed by atoms with E-state index in [9.17, 15) is 9.59 Å². The second-order valence-electron chi connectivity index (χ2n) is 7.52. The van der Waals surface area contributed by atoms with Gasteiger partial charge in [-0.3, -0.25) is 4.79 Å². The van der Waals surface area contributed by atoms with Crippen molar-refractivity contribution in [3.63, 3.8) is 0 Å². The molecule has 142 valence electrons. The number of hydrogen-bond donors (Lipinski definition) is 1. The van der Waals surface area contributed by atoms with Gasteiger partial charge in [-0.15, -0.1) is 0 Å². The predicted molar refractivity (Wildman–Crippen MR) is 102 cm³/mol. The molecule has 1 aliphatic heterocycles. The maximum absolute atomic E-state index is 12.9. The summed E-state index contributed by atoms with van der Waals surface area (Å²) >= 11 is 0. The fourth-order valence-electron chi connectivity index (χ4n) is 3.06. The van der Waals surface area contributed by atoms with Crippen molar-refractivity contribution < 1.29 is 19.1 Å². The summed E-state index contributed by atoms with van der Waals surface area (Å²) in [6.45, 7) is 4.51. The molecule has 0 saturated carbocycles. The monoisotopic (exact) mass is 367 g/mol. The number of ether oxygens (including phenoxy) is 2. The van der Waals surface area contributed by atoms with Crippen LogP contribution in [0.1, 0.15) is 25.0 Å². The summed E-state index contributed by atoms with van der Waals surface area (Å²) in [7, 11) is 0. The summed E-state index contributed by atoms with van der Waals surface area (Å²) < 4.78 is 10.7. The molecule has 1 saturated heterocycles. The number of hydrogen-bond acceptors (Lipinski definition) is 5. The minimum atomic E-state index is -0.873. The van der Waals surface area contributed by atoms with Gasteiger partial charge in [-0.1, -0.05) is 74.5 Å². The highest BCUT2D eigenvalue weighted by Crippen LogP contribution is 2.31. The van der Waals surface area contributed by atoms with Gasteiger partial charge >= 0.3 is 11.9 Å². The number of rotatable bonds is 7. The Morgan fingerprint density at radius 1 is 1.11 bits per heavy atom. The second-order valence-corrected chi connectivity index (χ2v) is 7.52. The van der Waals surface area contributed by atoms with Crippen LogP contribution in [0.5, 0.6) is 0 Å². The van der Waals surface area contributed by atoms with Gasteiger partial charge < -0.3 is 14.8 Å². The predicted octanol–water partition coefficient (Wildman–Crippen LogP) is 2.88. The molecule has 27 heavy (non-hydrogen) atoms. The Balaban J connectivity index is 1.71. The van der Waals surface area contributed by atoms with Crippen molar-refractivity contribution in [3.8, 4) is 0 Å². The van der Waals surface area contributed by atoms with E-state index in [1.807, 2.05) is 74.5 Å². The van der Waals surface area contributed by atoms with Crippen LogP contribution >= 0.6 is 0 Å². The van der Waals surface area contributed by atoms with Gasteiger partial charge in [-0.25, -0.2) is 4.79 Å². The average molecular weight is 367 g/mol. The number of benzene rings is 2. The SMILES string of the molecule is CC1(C)COC(=O)[C@@H]1OC(=O)[C@H](Cc1ccccc1)NCc1ccccc1. The molecular weight excluding hydrogens is 342 g/mol. The third-order valence-corrected chi connectivity index (χ3v) is 4.71. The van der Waals surface area contributed by atoms with Crippen LogP contribution in [0.2, 0.25) is 0 Å². The molecule has 2 aromatic rings. The molecule has 2 atom stereocenters. The van der Waals surface area contributed by atoms with Gasteiger partial charge in [-0.05, 0) is 17.5 Å². The Hall–Kier alpha value is -2.66. The van der Waals surface area contributed by atoms with Crippen LogP contribution in [0.15, 0.2) is 60.7 Å². The Labute approximate surface area is 159 Å². The van der Waals surface area contributed by atoms with Gasteiger partial charge in [-0.2, -0.15) is 0 Å². The molecule has 0 aromatic heterocycles. The van der Waals surface area contributed by atoms with Crippen molar-refractivity contribution in [2.75, 3.05) is 6.61 Å². The zero-order valence-electron chi connectivity index (χ0n) is 15.7. The minimum absolute atomic E-state index is 0.255. The van der Waals surface area contributed by atoms with Crippen LogP contribution in [-0.2, 0) is 32.0 Å². The molecule has 1 fully saturated rings. The molecule has 5 nitrogen and oxygen atoms in total. The van der Waals surface area contributed by atoms with Crippen molar-refractivity contribution in [1.82, 2.24) is 5.32 Å². The molecule has 0 amide bonds.